The summed E-state index contributed by atoms with van der Waals surface area (Å²) >= 11 is 0. The van der Waals surface area contributed by atoms with Crippen molar-refractivity contribution in [1.82, 2.24) is 10.2 Å². The predicted molar refractivity (Wildman–Crippen MR) is 77.1 cm³/mol. The van der Waals surface area contributed by atoms with Gasteiger partial charge in [0, 0.05) is 19.6 Å². The van der Waals surface area contributed by atoms with E-state index in [9.17, 15) is 23.1 Å². The highest BCUT2D eigenvalue weighted by Crippen LogP contribution is 2.34. The van der Waals surface area contributed by atoms with Crippen LogP contribution in [0.5, 0.6) is 0 Å². The average molecular weight is 321 g/mol. The number of carbonyl (C=O) groups excluding carboxylic acids is 1. The number of nitrogens with two attached hydrogens (primary N) is 1. The Morgan fingerprint density at radius 2 is 2.05 bits per heavy atom. The van der Waals surface area contributed by atoms with Gasteiger partial charge in [-0.1, -0.05) is 0 Å². The molecule has 122 valence electrons. The van der Waals surface area contributed by atoms with E-state index in [2.05, 4.69) is 5.32 Å². The van der Waals surface area contributed by atoms with Gasteiger partial charge < -0.3 is 15.3 Å². The minimum Gasteiger partial charge on any atom is -0.481 e. The maximum Gasteiger partial charge on any atom is 0.317 e. The SMILES string of the molecule is CC(C)(C(=O)O)C1CCCN(C(=O)NCCS(N)(=O)=O)C1. The van der Waals surface area contributed by atoms with E-state index in [0.717, 1.165) is 12.8 Å². The molecule has 0 radical (unpaired) electrons. The number of nitrogens with zero attached hydrogens (tertiary/aromatic N) is 1. The molecule has 1 unspecified atom stereocenters. The third kappa shape index (κ3) is 5.16. The maximum absolute atomic E-state index is 12.0. The van der Waals surface area contributed by atoms with Crippen LogP contribution in [0.3, 0.4) is 0 Å². The van der Waals surface area contributed by atoms with Gasteiger partial charge in [-0.25, -0.2) is 18.4 Å². The standard InChI is InChI=1S/C12H23N3O5S/c1-12(2,10(16)17)9-4-3-6-15(8-9)11(18)14-5-7-21(13,19)20/h9H,3-8H2,1-2H3,(H,14,18)(H,16,17)(H2,13,19,20). The second kappa shape index (κ2) is 6.61. The molecule has 1 aliphatic rings. The highest BCUT2D eigenvalue weighted by Gasteiger charge is 2.39. The van der Waals surface area contributed by atoms with E-state index in [4.69, 9.17) is 5.14 Å². The van der Waals surface area contributed by atoms with Gasteiger partial charge >= 0.3 is 12.0 Å². The zero-order chi connectivity index (χ0) is 16.3. The highest BCUT2D eigenvalue weighted by atomic mass is 32.2. The van der Waals surface area contributed by atoms with Crippen LogP contribution in [-0.4, -0.2) is 55.8 Å². The summed E-state index contributed by atoms with van der Waals surface area (Å²) in [6.45, 7) is 4.14. The molecule has 9 heteroatoms. The number of rotatable bonds is 5. The average Bonchev–Trinajstić information content (AvgIpc) is 2.37. The number of nitrogens with one attached hydrogen (secondary N) is 1. The number of likely N-dealkylation sites (tertiary alicyclic amines) is 1. The van der Waals surface area contributed by atoms with Crippen LogP contribution >= 0.6 is 0 Å². The lowest BCUT2D eigenvalue weighted by molar-refractivity contribution is -0.151. The van der Waals surface area contributed by atoms with Crippen molar-refractivity contribution in [3.05, 3.63) is 0 Å². The summed E-state index contributed by atoms with van der Waals surface area (Å²) < 4.78 is 21.6. The third-order valence-corrected chi connectivity index (χ3v) is 4.72. The zero-order valence-electron chi connectivity index (χ0n) is 12.3. The first-order chi connectivity index (χ1) is 9.54. The van der Waals surface area contributed by atoms with Crippen LogP contribution in [0, 0.1) is 11.3 Å². The fraction of sp³-hybridized carbons (Fsp3) is 0.833. The molecular formula is C12H23N3O5S. The highest BCUT2D eigenvalue weighted by molar-refractivity contribution is 7.89. The molecule has 1 fully saturated rings. The molecule has 21 heavy (non-hydrogen) atoms. The van der Waals surface area contributed by atoms with Gasteiger partial charge in [-0.2, -0.15) is 0 Å². The normalized spacial score (nSPS) is 20.1. The van der Waals surface area contributed by atoms with Gasteiger partial charge in [-0.15, -0.1) is 0 Å². The van der Waals surface area contributed by atoms with Crippen molar-refractivity contribution in [3.63, 3.8) is 0 Å². The van der Waals surface area contributed by atoms with Crippen molar-refractivity contribution in [1.29, 1.82) is 0 Å². The minimum atomic E-state index is -3.61. The second-order valence-electron chi connectivity index (χ2n) is 5.91. The molecule has 1 atom stereocenters. The number of primary sulfonamides is 1. The summed E-state index contributed by atoms with van der Waals surface area (Å²) in [6.07, 6.45) is 1.48. The number of aliphatic carboxylic acids is 1. The molecule has 4 N–H and O–H groups in total. The van der Waals surface area contributed by atoms with Crippen LogP contribution < -0.4 is 10.5 Å². The Morgan fingerprint density at radius 1 is 1.43 bits per heavy atom. The topological polar surface area (TPSA) is 130 Å². The number of piperidine rings is 1. The van der Waals surface area contributed by atoms with Crippen molar-refractivity contribution in [2.24, 2.45) is 16.5 Å². The number of amides is 2. The molecule has 0 saturated carbocycles. The summed E-state index contributed by atoms with van der Waals surface area (Å²) in [5, 5.41) is 16.6. The van der Waals surface area contributed by atoms with E-state index in [1.165, 1.54) is 4.90 Å². The molecule has 0 aromatic rings. The molecule has 0 bridgehead atoms. The lowest BCUT2D eigenvalue weighted by atomic mass is 9.74. The summed E-state index contributed by atoms with van der Waals surface area (Å²) in [5.41, 5.74) is -0.903. The predicted octanol–water partition coefficient (Wildman–Crippen LogP) is -0.193. The first-order valence-electron chi connectivity index (χ1n) is 6.80. The van der Waals surface area contributed by atoms with Crippen LogP contribution in [0.2, 0.25) is 0 Å². The molecule has 0 aromatic heterocycles. The molecule has 1 aliphatic heterocycles. The van der Waals surface area contributed by atoms with Gasteiger partial charge in [-0.3, -0.25) is 4.79 Å². The van der Waals surface area contributed by atoms with E-state index in [1.807, 2.05) is 0 Å². The van der Waals surface area contributed by atoms with Gasteiger partial charge in [0.1, 0.15) is 0 Å². The Balaban J connectivity index is 2.56. The number of sulfonamides is 1. The fourth-order valence-electron chi connectivity index (χ4n) is 2.34. The molecule has 0 aliphatic carbocycles. The van der Waals surface area contributed by atoms with Gasteiger partial charge in [0.05, 0.1) is 11.2 Å². The Kier molecular flexibility index (Phi) is 5.57. The number of carboxylic acid groups (broad SMARTS) is 1. The smallest absolute Gasteiger partial charge is 0.317 e. The largest absolute Gasteiger partial charge is 0.481 e. The van der Waals surface area contributed by atoms with Crippen molar-refractivity contribution < 1.29 is 23.1 Å². The fourth-order valence-corrected chi connectivity index (χ4v) is 2.72. The number of carboxylic acids is 1. The first kappa shape index (κ1) is 17.7. The number of hydrogen-bond acceptors (Lipinski definition) is 4. The number of carbonyl (C=O) groups is 2. The number of hydrogen-bond donors (Lipinski definition) is 3. The molecule has 1 heterocycles. The van der Waals surface area contributed by atoms with Gasteiger partial charge in [0.2, 0.25) is 10.0 Å². The van der Waals surface area contributed by atoms with Crippen LogP contribution in [0.4, 0.5) is 4.79 Å². The number of urea groups is 1. The third-order valence-electron chi connectivity index (χ3n) is 3.94. The van der Waals surface area contributed by atoms with E-state index >= 15 is 0 Å². The van der Waals surface area contributed by atoms with Crippen molar-refractivity contribution >= 4 is 22.0 Å². The summed E-state index contributed by atoms with van der Waals surface area (Å²) in [4.78, 5) is 24.8. The molecule has 0 spiro atoms. The Labute approximate surface area is 124 Å². The van der Waals surface area contributed by atoms with E-state index < -0.39 is 21.4 Å². The summed E-state index contributed by atoms with van der Waals surface area (Å²) in [6, 6.07) is -0.385. The molecule has 2 amide bonds. The van der Waals surface area contributed by atoms with Gasteiger partial charge in [0.15, 0.2) is 0 Å². The Bertz CT molecular complexity index is 503. The minimum absolute atomic E-state index is 0.0544. The van der Waals surface area contributed by atoms with Crippen LogP contribution in [0.15, 0.2) is 0 Å². The van der Waals surface area contributed by atoms with Crippen molar-refractivity contribution in [2.75, 3.05) is 25.4 Å². The molecule has 1 saturated heterocycles. The van der Waals surface area contributed by atoms with E-state index in [1.54, 1.807) is 13.8 Å². The van der Waals surface area contributed by atoms with E-state index in [-0.39, 0.29) is 24.2 Å². The lowest BCUT2D eigenvalue weighted by Gasteiger charge is -2.39. The lowest BCUT2D eigenvalue weighted by Crippen LogP contribution is -2.50. The van der Waals surface area contributed by atoms with Gasteiger partial charge in [0.25, 0.3) is 0 Å². The van der Waals surface area contributed by atoms with Crippen LogP contribution in [0.25, 0.3) is 0 Å². The summed E-state index contributed by atoms with van der Waals surface area (Å²) in [5.74, 6) is -1.34. The monoisotopic (exact) mass is 321 g/mol. The van der Waals surface area contributed by atoms with Crippen molar-refractivity contribution in [2.45, 2.75) is 26.7 Å². The Hall–Kier alpha value is -1.35. The zero-order valence-corrected chi connectivity index (χ0v) is 13.1. The molecule has 1 rings (SSSR count). The summed E-state index contributed by atoms with van der Waals surface area (Å²) in [7, 11) is -3.61. The van der Waals surface area contributed by atoms with Crippen molar-refractivity contribution in [3.8, 4) is 0 Å². The first-order valence-corrected chi connectivity index (χ1v) is 8.52. The van der Waals surface area contributed by atoms with E-state index in [0.29, 0.717) is 13.1 Å². The molecular weight excluding hydrogens is 298 g/mol. The maximum atomic E-state index is 12.0. The molecule has 0 aromatic carbocycles. The molecule has 8 nitrogen and oxygen atoms in total. The van der Waals surface area contributed by atoms with Crippen LogP contribution in [0.1, 0.15) is 26.7 Å². The Morgan fingerprint density at radius 3 is 2.57 bits per heavy atom. The second-order valence-corrected chi connectivity index (χ2v) is 7.64. The quantitative estimate of drug-likeness (QED) is 0.646. The van der Waals surface area contributed by atoms with Crippen LogP contribution in [-0.2, 0) is 14.8 Å². The van der Waals surface area contributed by atoms with Gasteiger partial charge in [-0.05, 0) is 32.6 Å².